The molecule has 0 nitrogen and oxygen atoms in total. The molecule has 1 aromatic carbocycles. The molecule has 2 radical (unpaired) electrons. The third kappa shape index (κ3) is 5.27. The van der Waals surface area contributed by atoms with E-state index in [4.69, 9.17) is 0 Å². The van der Waals surface area contributed by atoms with Crippen molar-refractivity contribution in [1.82, 2.24) is 0 Å². The zero-order valence-corrected chi connectivity index (χ0v) is 19.0. The normalized spacial score (nSPS) is 7.89. The van der Waals surface area contributed by atoms with E-state index >= 15 is 0 Å². The molecule has 0 bridgehead atoms. The average molecular weight is 396 g/mol. The van der Waals surface area contributed by atoms with Crippen LogP contribution in [-0.2, 0) is 65.4 Å². The molecule has 0 aliphatic carbocycles. The molecule has 0 spiro atoms. The van der Waals surface area contributed by atoms with E-state index in [2.05, 4.69) is 54.4 Å². The summed E-state index contributed by atoms with van der Waals surface area (Å²) in [7, 11) is 0. The summed E-state index contributed by atoms with van der Waals surface area (Å²) in [5.74, 6) is 0. The molecule has 18 heavy (non-hydrogen) atoms. The van der Waals surface area contributed by atoms with Crippen molar-refractivity contribution in [2.75, 3.05) is 0 Å². The molecule has 1 aromatic rings. The fourth-order valence-corrected chi connectivity index (χ4v) is 2.11. The molecule has 0 aliphatic rings. The minimum absolute atomic E-state index is 0. The van der Waals surface area contributed by atoms with Crippen LogP contribution < -0.4 is 0 Å². The van der Waals surface area contributed by atoms with E-state index < -0.39 is 0 Å². The Morgan fingerprint density at radius 2 is 0.778 bits per heavy atom. The van der Waals surface area contributed by atoms with Gasteiger partial charge in [-0.1, -0.05) is 27.7 Å². The van der Waals surface area contributed by atoms with Gasteiger partial charge < -0.3 is 14.9 Å². The Bertz CT molecular complexity index is 320. The fraction of sp³-hybridized carbons (Fsp3) is 0.375. The summed E-state index contributed by atoms with van der Waals surface area (Å²) in [6.07, 6.45) is 4.42. The Hall–Kier alpha value is 1.17. The topological polar surface area (TPSA) is 0 Å². The van der Waals surface area contributed by atoms with Crippen molar-refractivity contribution in [1.29, 1.82) is 0 Å². The molecule has 0 amide bonds. The Kier molecular flexibility index (Phi) is 18.3. The second-order valence-electron chi connectivity index (χ2n) is 3.90. The van der Waals surface area contributed by atoms with Gasteiger partial charge in [0.05, 0.1) is 0 Å². The van der Waals surface area contributed by atoms with Gasteiger partial charge in [0.25, 0.3) is 0 Å². The largest absolute Gasteiger partial charge is 0.358 e. The first-order chi connectivity index (χ1) is 6.54. The van der Waals surface area contributed by atoms with Crippen LogP contribution in [0.15, 0.2) is 0 Å². The molecule has 2 heteroatoms. The Labute approximate surface area is 166 Å². The molecule has 0 aliphatic heterocycles. The molecule has 1 rings (SSSR count). The summed E-state index contributed by atoms with van der Waals surface area (Å²) >= 11 is 0. The van der Waals surface area contributed by atoms with Crippen molar-refractivity contribution in [3.63, 3.8) is 0 Å². The SMILES string of the molecule is C[CH-]c1c(C)c(C)c(C)c(C)c1[CH-]C.[CH3-].[CH3-].[Y].[Y]. The van der Waals surface area contributed by atoms with Gasteiger partial charge in [0.1, 0.15) is 0 Å². The van der Waals surface area contributed by atoms with E-state index in [1.807, 2.05) is 0 Å². The minimum atomic E-state index is 0. The monoisotopic (exact) mass is 396 g/mol. The molecule has 0 saturated heterocycles. The van der Waals surface area contributed by atoms with Crippen molar-refractivity contribution in [2.24, 2.45) is 0 Å². The third-order valence-corrected chi connectivity index (χ3v) is 3.36. The zero-order chi connectivity index (χ0) is 10.9. The van der Waals surface area contributed by atoms with E-state index in [9.17, 15) is 0 Å². The van der Waals surface area contributed by atoms with Crippen LogP contribution in [-0.4, -0.2) is 0 Å². The molecule has 0 fully saturated rings. The van der Waals surface area contributed by atoms with E-state index in [0.29, 0.717) is 0 Å². The van der Waals surface area contributed by atoms with Crippen molar-refractivity contribution in [2.45, 2.75) is 41.5 Å². The van der Waals surface area contributed by atoms with Gasteiger partial charge in [0, 0.05) is 65.4 Å². The molecule has 0 unspecified atom stereocenters. The van der Waals surface area contributed by atoms with Crippen LogP contribution in [0, 0.1) is 55.4 Å². The first-order valence-corrected chi connectivity index (χ1v) is 5.23. The summed E-state index contributed by atoms with van der Waals surface area (Å²) in [6, 6.07) is 0. The predicted octanol–water partition coefficient (Wildman–Crippen LogP) is 4.96. The maximum Gasteiger partial charge on any atom is 0 e. The fourth-order valence-electron chi connectivity index (χ4n) is 2.11. The third-order valence-electron chi connectivity index (χ3n) is 3.36. The zero-order valence-electron chi connectivity index (χ0n) is 13.3. The molecule has 0 aromatic heterocycles. The first kappa shape index (κ1) is 27.5. The van der Waals surface area contributed by atoms with Crippen LogP contribution in [0.2, 0.25) is 0 Å². The van der Waals surface area contributed by atoms with Gasteiger partial charge in [0.15, 0.2) is 0 Å². The summed E-state index contributed by atoms with van der Waals surface area (Å²) in [4.78, 5) is 0. The first-order valence-electron chi connectivity index (χ1n) is 5.23. The van der Waals surface area contributed by atoms with Crippen molar-refractivity contribution < 1.29 is 65.4 Å². The molecule has 0 saturated carbocycles. The molecule has 100 valence electrons. The molecule has 0 atom stereocenters. The van der Waals surface area contributed by atoms with Gasteiger partial charge in [-0.3, -0.25) is 11.1 Å². The van der Waals surface area contributed by atoms with Crippen LogP contribution in [0.25, 0.3) is 0 Å². The van der Waals surface area contributed by atoms with Crippen molar-refractivity contribution in [3.05, 3.63) is 61.1 Å². The molecule has 0 heterocycles. The van der Waals surface area contributed by atoms with Gasteiger partial charge in [-0.15, -0.1) is 25.0 Å². The van der Waals surface area contributed by atoms with Crippen molar-refractivity contribution >= 4 is 0 Å². The second-order valence-corrected chi connectivity index (χ2v) is 3.90. The van der Waals surface area contributed by atoms with Crippen LogP contribution in [0.5, 0.6) is 0 Å². The number of hydrogen-bond donors (Lipinski definition) is 0. The Morgan fingerprint density at radius 1 is 0.556 bits per heavy atom. The van der Waals surface area contributed by atoms with Gasteiger partial charge in [-0.25, -0.2) is 24.0 Å². The van der Waals surface area contributed by atoms with E-state index in [0.717, 1.165) is 0 Å². The van der Waals surface area contributed by atoms with Crippen LogP contribution in [0.4, 0.5) is 0 Å². The van der Waals surface area contributed by atoms with Gasteiger partial charge in [-0.05, 0) is 0 Å². The smallest absolute Gasteiger partial charge is 0 e. The predicted molar refractivity (Wildman–Crippen MR) is 76.4 cm³/mol. The molecular weight excluding hydrogens is 370 g/mol. The standard InChI is InChI=1S/C14H20.2CH3.2Y/c1-7-13-11(5)9(3)10(4)12(6)14(13)8-2;;;;/h7-8H,1-6H3;2*1H3;;/q-2;2*-1;;. The molecular formula is C16H26Y2-4. The Morgan fingerprint density at radius 3 is 0.944 bits per heavy atom. The molecule has 0 N–H and O–H groups in total. The quantitative estimate of drug-likeness (QED) is 0.620. The van der Waals surface area contributed by atoms with E-state index in [1.54, 1.807) is 0 Å². The summed E-state index contributed by atoms with van der Waals surface area (Å²) < 4.78 is 0. The number of rotatable bonds is 2. The van der Waals surface area contributed by atoms with Gasteiger partial charge >= 0.3 is 0 Å². The average Bonchev–Trinajstić information content (AvgIpc) is 2.20. The maximum atomic E-state index is 2.21. The Balaban J connectivity index is -0.000000245. The summed E-state index contributed by atoms with van der Waals surface area (Å²) in [6.45, 7) is 13.1. The number of hydrogen-bond acceptors (Lipinski definition) is 0. The van der Waals surface area contributed by atoms with Crippen molar-refractivity contribution in [3.8, 4) is 0 Å². The van der Waals surface area contributed by atoms with Gasteiger partial charge in [0.2, 0.25) is 0 Å². The van der Waals surface area contributed by atoms with Gasteiger partial charge in [-0.2, -0.15) is 0 Å². The van der Waals surface area contributed by atoms with Crippen LogP contribution in [0.3, 0.4) is 0 Å². The minimum Gasteiger partial charge on any atom is -0.358 e. The van der Waals surface area contributed by atoms with E-state index in [1.165, 1.54) is 33.4 Å². The summed E-state index contributed by atoms with van der Waals surface area (Å²) in [5.41, 5.74) is 8.50. The van der Waals surface area contributed by atoms with Crippen LogP contribution >= 0.6 is 0 Å². The van der Waals surface area contributed by atoms with Crippen LogP contribution in [0.1, 0.15) is 47.2 Å². The number of benzene rings is 1. The second kappa shape index (κ2) is 12.0. The van der Waals surface area contributed by atoms with E-state index in [-0.39, 0.29) is 80.3 Å². The maximum absolute atomic E-state index is 2.21. The summed E-state index contributed by atoms with van der Waals surface area (Å²) in [5, 5.41) is 0.